The van der Waals surface area contributed by atoms with Gasteiger partial charge in [-0.15, -0.1) is 0 Å². The average molecular weight is 246 g/mol. The molecule has 3 heterocycles. The van der Waals surface area contributed by atoms with Crippen molar-refractivity contribution in [1.29, 1.82) is 0 Å². The van der Waals surface area contributed by atoms with Gasteiger partial charge in [0.2, 0.25) is 11.7 Å². The van der Waals surface area contributed by atoms with Crippen LogP contribution in [-0.2, 0) is 0 Å². The van der Waals surface area contributed by atoms with Crippen molar-refractivity contribution < 1.29 is 4.52 Å². The quantitative estimate of drug-likeness (QED) is 0.818. The molecule has 94 valence electrons. The van der Waals surface area contributed by atoms with Crippen LogP contribution in [0, 0.1) is 11.8 Å². The first-order chi connectivity index (χ1) is 8.92. The number of fused-ring (bicyclic) bond motifs is 1. The van der Waals surface area contributed by atoms with Gasteiger partial charge in [0.15, 0.2) is 5.82 Å². The average Bonchev–Trinajstić information content (AvgIpc) is 3.13. The lowest BCUT2D eigenvalue weighted by atomic mass is 9.94. The summed E-state index contributed by atoms with van der Waals surface area (Å²) < 4.78 is 5.37. The normalized spacial score (nSPS) is 30.8. The third kappa shape index (κ3) is 1.47. The summed E-state index contributed by atoms with van der Waals surface area (Å²) in [4.78, 5) is 8.44. The topological polar surface area (TPSA) is 92.5 Å². The molecule has 0 radical (unpaired) electrons. The van der Waals surface area contributed by atoms with Crippen molar-refractivity contribution in [3.63, 3.8) is 0 Å². The summed E-state index contributed by atoms with van der Waals surface area (Å²) in [5.74, 6) is 3.12. The molecule has 2 aliphatic rings. The van der Waals surface area contributed by atoms with Crippen molar-refractivity contribution in [1.82, 2.24) is 30.6 Å². The fraction of sp³-hybridized carbons (Fsp3) is 0.636. The Bertz CT molecular complexity index is 535. The molecule has 3 atom stereocenters. The third-order valence-corrected chi connectivity index (χ3v) is 4.08. The van der Waals surface area contributed by atoms with Crippen LogP contribution in [0.5, 0.6) is 0 Å². The predicted molar refractivity (Wildman–Crippen MR) is 61.2 cm³/mol. The summed E-state index contributed by atoms with van der Waals surface area (Å²) in [7, 11) is 0. The largest absolute Gasteiger partial charge is 0.337 e. The minimum absolute atomic E-state index is 0.210. The van der Waals surface area contributed by atoms with Crippen LogP contribution in [0.15, 0.2) is 10.9 Å². The van der Waals surface area contributed by atoms with Crippen LogP contribution in [-0.4, -0.2) is 31.9 Å². The number of nitrogens with zero attached hydrogens (tertiary/aromatic N) is 4. The van der Waals surface area contributed by atoms with Crippen LogP contribution in [0.1, 0.15) is 31.2 Å². The van der Waals surface area contributed by atoms with Crippen LogP contribution in [0.25, 0.3) is 11.6 Å². The Morgan fingerprint density at radius 1 is 1.33 bits per heavy atom. The van der Waals surface area contributed by atoms with Crippen molar-refractivity contribution in [2.75, 3.05) is 6.54 Å². The van der Waals surface area contributed by atoms with E-state index in [0.29, 0.717) is 23.5 Å². The summed E-state index contributed by atoms with van der Waals surface area (Å²) in [6, 6.07) is 0.210. The smallest absolute Gasteiger partial charge is 0.244 e. The molecule has 0 amide bonds. The minimum atomic E-state index is 0.210. The molecule has 2 aromatic rings. The Morgan fingerprint density at radius 3 is 3.22 bits per heavy atom. The van der Waals surface area contributed by atoms with E-state index in [1.165, 1.54) is 25.6 Å². The molecule has 1 aliphatic carbocycles. The van der Waals surface area contributed by atoms with Crippen LogP contribution in [0.3, 0.4) is 0 Å². The number of aromatic nitrogens is 5. The Kier molecular flexibility index (Phi) is 2.19. The minimum Gasteiger partial charge on any atom is -0.337 e. The third-order valence-electron chi connectivity index (χ3n) is 4.08. The molecular weight excluding hydrogens is 232 g/mol. The Morgan fingerprint density at radius 2 is 2.33 bits per heavy atom. The summed E-state index contributed by atoms with van der Waals surface area (Å²) in [6.07, 6.45) is 5.32. The molecule has 1 aliphatic heterocycles. The second-order valence-electron chi connectivity index (χ2n) is 5.03. The van der Waals surface area contributed by atoms with E-state index in [4.69, 9.17) is 4.52 Å². The van der Waals surface area contributed by atoms with Gasteiger partial charge in [-0.25, -0.2) is 4.98 Å². The molecule has 2 N–H and O–H groups in total. The fourth-order valence-corrected chi connectivity index (χ4v) is 3.23. The van der Waals surface area contributed by atoms with Gasteiger partial charge in [0, 0.05) is 0 Å². The molecule has 4 rings (SSSR count). The summed E-state index contributed by atoms with van der Waals surface area (Å²) in [5.41, 5.74) is 0. The van der Waals surface area contributed by atoms with E-state index in [-0.39, 0.29) is 6.04 Å². The van der Waals surface area contributed by atoms with Crippen molar-refractivity contribution in [3.05, 3.63) is 12.2 Å². The van der Waals surface area contributed by atoms with Crippen LogP contribution < -0.4 is 5.32 Å². The van der Waals surface area contributed by atoms with Gasteiger partial charge in [0.25, 0.3) is 0 Å². The first kappa shape index (κ1) is 10.2. The molecule has 1 saturated carbocycles. The van der Waals surface area contributed by atoms with Crippen LogP contribution in [0.2, 0.25) is 0 Å². The van der Waals surface area contributed by atoms with Crippen LogP contribution in [0.4, 0.5) is 0 Å². The zero-order valence-corrected chi connectivity index (χ0v) is 9.83. The van der Waals surface area contributed by atoms with Crippen molar-refractivity contribution in [2.45, 2.75) is 25.3 Å². The highest BCUT2D eigenvalue weighted by atomic mass is 16.5. The molecule has 7 heteroatoms. The molecule has 1 saturated heterocycles. The van der Waals surface area contributed by atoms with Crippen LogP contribution >= 0.6 is 0 Å². The zero-order valence-electron chi connectivity index (χ0n) is 9.83. The first-order valence-corrected chi connectivity index (χ1v) is 6.34. The second-order valence-corrected chi connectivity index (χ2v) is 5.03. The highest BCUT2D eigenvalue weighted by Crippen LogP contribution is 2.43. The molecule has 7 nitrogen and oxygen atoms in total. The molecule has 2 fully saturated rings. The lowest BCUT2D eigenvalue weighted by Crippen LogP contribution is -2.18. The van der Waals surface area contributed by atoms with E-state index >= 15 is 0 Å². The number of aromatic amines is 1. The molecule has 0 bridgehead atoms. The molecule has 18 heavy (non-hydrogen) atoms. The molecular formula is C11H14N6O. The first-order valence-electron chi connectivity index (χ1n) is 6.34. The molecule has 0 aromatic carbocycles. The monoisotopic (exact) mass is 246 g/mol. The standard InChI is InChI=1S/C11H14N6O/c1-2-6-4-12-8(7(6)3-1)11-15-10(17-18-11)9-13-5-14-16-9/h5-8,12H,1-4H2,(H,13,14,16). The highest BCUT2D eigenvalue weighted by Gasteiger charge is 2.42. The van der Waals surface area contributed by atoms with E-state index in [1.807, 2.05) is 0 Å². The summed E-state index contributed by atoms with van der Waals surface area (Å²) in [5, 5.41) is 14.0. The van der Waals surface area contributed by atoms with Gasteiger partial charge in [-0.3, -0.25) is 5.10 Å². The summed E-state index contributed by atoms with van der Waals surface area (Å²) >= 11 is 0. The Balaban J connectivity index is 1.62. The van der Waals surface area contributed by atoms with Crippen molar-refractivity contribution >= 4 is 0 Å². The van der Waals surface area contributed by atoms with Gasteiger partial charge in [-0.1, -0.05) is 11.6 Å². The maximum Gasteiger partial charge on any atom is 0.244 e. The zero-order chi connectivity index (χ0) is 11.9. The second kappa shape index (κ2) is 3.88. The fourth-order valence-electron chi connectivity index (χ4n) is 3.23. The van der Waals surface area contributed by atoms with E-state index in [1.54, 1.807) is 0 Å². The summed E-state index contributed by atoms with van der Waals surface area (Å²) in [6.45, 7) is 1.06. The number of rotatable bonds is 2. The van der Waals surface area contributed by atoms with Crippen molar-refractivity contribution in [2.24, 2.45) is 11.8 Å². The molecule has 3 unspecified atom stereocenters. The van der Waals surface area contributed by atoms with Gasteiger partial charge >= 0.3 is 0 Å². The lowest BCUT2D eigenvalue weighted by Gasteiger charge is -2.13. The number of hydrogen-bond donors (Lipinski definition) is 2. The molecule has 0 spiro atoms. The molecule has 2 aromatic heterocycles. The maximum atomic E-state index is 5.37. The van der Waals surface area contributed by atoms with Gasteiger partial charge in [-0.2, -0.15) is 10.1 Å². The Hall–Kier alpha value is -1.76. The van der Waals surface area contributed by atoms with Gasteiger partial charge in [0.1, 0.15) is 6.33 Å². The Labute approximate surface area is 103 Å². The highest BCUT2D eigenvalue weighted by molar-refractivity contribution is 5.39. The van der Waals surface area contributed by atoms with E-state index in [0.717, 1.165) is 12.5 Å². The number of nitrogens with one attached hydrogen (secondary N) is 2. The lowest BCUT2D eigenvalue weighted by molar-refractivity contribution is 0.302. The van der Waals surface area contributed by atoms with Crippen molar-refractivity contribution in [3.8, 4) is 11.6 Å². The SMILES string of the molecule is c1n[nH]c(-c2noc(C3NCC4CCCC43)n2)n1. The van der Waals surface area contributed by atoms with E-state index in [2.05, 4.69) is 30.6 Å². The van der Waals surface area contributed by atoms with E-state index < -0.39 is 0 Å². The maximum absolute atomic E-state index is 5.37. The van der Waals surface area contributed by atoms with Gasteiger partial charge in [-0.05, 0) is 31.2 Å². The number of H-pyrrole nitrogens is 1. The van der Waals surface area contributed by atoms with Gasteiger partial charge in [0.05, 0.1) is 6.04 Å². The number of hydrogen-bond acceptors (Lipinski definition) is 6. The van der Waals surface area contributed by atoms with Gasteiger partial charge < -0.3 is 9.84 Å². The van der Waals surface area contributed by atoms with E-state index in [9.17, 15) is 0 Å². The predicted octanol–water partition coefficient (Wildman–Crippen LogP) is 0.915.